The van der Waals surface area contributed by atoms with E-state index in [-0.39, 0.29) is 18.7 Å². The lowest BCUT2D eigenvalue weighted by molar-refractivity contribution is -0.656. The number of anilines is 1. The summed E-state index contributed by atoms with van der Waals surface area (Å²) in [6, 6.07) is 7.75. The van der Waals surface area contributed by atoms with Gasteiger partial charge in [-0.3, -0.25) is 15.1 Å². The van der Waals surface area contributed by atoms with Crippen LogP contribution in [0.5, 0.6) is 5.75 Å². The van der Waals surface area contributed by atoms with E-state index >= 15 is 0 Å². The Labute approximate surface area is 206 Å². The number of hydrogen-bond donors (Lipinski definition) is 2. The number of esters is 1. The molecule has 1 saturated heterocycles. The van der Waals surface area contributed by atoms with E-state index in [0.29, 0.717) is 18.8 Å². The number of aryl methyl sites for hydroxylation is 1. The molecule has 0 radical (unpaired) electrons. The van der Waals surface area contributed by atoms with Gasteiger partial charge < -0.3 is 14.2 Å². The molecule has 192 valence electrons. The maximum Gasteiger partial charge on any atom is 0.410 e. The zero-order valence-electron chi connectivity index (χ0n) is 21.6. The molecule has 0 bridgehead atoms. The van der Waals surface area contributed by atoms with Gasteiger partial charge in [0.1, 0.15) is 29.6 Å². The number of likely N-dealkylation sites (tertiary alicyclic amines) is 1. The lowest BCUT2D eigenvalue weighted by Crippen LogP contribution is -2.58. The average Bonchev–Trinajstić information content (AvgIpc) is 2.69. The van der Waals surface area contributed by atoms with E-state index in [1.54, 1.807) is 25.7 Å². The number of nitrogens with two attached hydrogens (primary N) is 1. The molecule has 35 heavy (non-hydrogen) atoms. The van der Waals surface area contributed by atoms with Crippen molar-refractivity contribution in [2.24, 2.45) is 12.9 Å². The number of pyridine rings is 1. The monoisotopic (exact) mass is 489 g/mol. The highest BCUT2D eigenvalue weighted by Crippen LogP contribution is 2.27. The van der Waals surface area contributed by atoms with Crippen LogP contribution in [0, 0.1) is 0 Å². The molecular formula is C25H37N4O6+. The van der Waals surface area contributed by atoms with Gasteiger partial charge in [-0.2, -0.15) is 0 Å². The van der Waals surface area contributed by atoms with E-state index in [1.807, 2.05) is 62.8 Å². The Morgan fingerprint density at radius 2 is 1.77 bits per heavy atom. The maximum atomic E-state index is 12.2. The molecule has 0 saturated carbocycles. The van der Waals surface area contributed by atoms with Gasteiger partial charge in [0.2, 0.25) is 6.10 Å². The third-order valence-corrected chi connectivity index (χ3v) is 5.22. The highest BCUT2D eigenvalue weighted by molar-refractivity contribution is 5.91. The first kappa shape index (κ1) is 26.5. The Hall–Kier alpha value is -3.11. The minimum atomic E-state index is -1.04. The lowest BCUT2D eigenvalue weighted by atomic mass is 10.1. The van der Waals surface area contributed by atoms with E-state index in [9.17, 15) is 9.59 Å². The smallest absolute Gasteiger partial charge is 0.410 e. The van der Waals surface area contributed by atoms with Crippen LogP contribution in [-0.4, -0.2) is 60.0 Å². The van der Waals surface area contributed by atoms with E-state index < -0.39 is 23.3 Å². The number of nitrogens with zero attached hydrogens (tertiary/aromatic N) is 2. The Balaban J connectivity index is 1.65. The first-order valence-electron chi connectivity index (χ1n) is 11.6. The molecule has 1 atom stereocenters. The van der Waals surface area contributed by atoms with Crippen molar-refractivity contribution in [2.45, 2.75) is 64.9 Å². The summed E-state index contributed by atoms with van der Waals surface area (Å²) in [5, 5.41) is 5.48. The summed E-state index contributed by atoms with van der Waals surface area (Å²) < 4.78 is 18.5. The predicted molar refractivity (Wildman–Crippen MR) is 131 cm³/mol. The van der Waals surface area contributed by atoms with E-state index in [1.165, 1.54) is 0 Å². The highest BCUT2D eigenvalue weighted by Gasteiger charge is 2.37. The lowest BCUT2D eigenvalue weighted by Gasteiger charge is -2.37. The number of amides is 1. The minimum absolute atomic E-state index is 0.0782. The maximum absolute atomic E-state index is 12.2. The van der Waals surface area contributed by atoms with Gasteiger partial charge >= 0.3 is 12.1 Å². The summed E-state index contributed by atoms with van der Waals surface area (Å²) in [4.78, 5) is 30.9. The second kappa shape index (κ2) is 10.2. The second-order valence-corrected chi connectivity index (χ2v) is 10.7. The van der Waals surface area contributed by atoms with E-state index in [2.05, 4.69) is 5.32 Å². The zero-order chi connectivity index (χ0) is 26.0. The van der Waals surface area contributed by atoms with Gasteiger partial charge in [0.15, 0.2) is 0 Å². The van der Waals surface area contributed by atoms with E-state index in [4.69, 9.17) is 24.9 Å². The van der Waals surface area contributed by atoms with Crippen LogP contribution in [0.15, 0.2) is 30.5 Å². The highest BCUT2D eigenvalue weighted by atomic mass is 16.7. The van der Waals surface area contributed by atoms with Gasteiger partial charge in [-0.05, 0) is 71.2 Å². The van der Waals surface area contributed by atoms with Crippen LogP contribution in [0.2, 0.25) is 0 Å². The summed E-state index contributed by atoms with van der Waals surface area (Å²) in [5.74, 6) is 6.20. The minimum Gasteiger partial charge on any atom is -0.490 e. The molecule has 3 rings (SSSR count). The van der Waals surface area contributed by atoms with Crippen LogP contribution in [0.25, 0.3) is 10.8 Å². The number of benzene rings is 1. The van der Waals surface area contributed by atoms with Gasteiger partial charge in [-0.15, -0.1) is 0 Å². The number of aromatic nitrogens is 1. The largest absolute Gasteiger partial charge is 0.490 e. The molecular weight excluding hydrogens is 452 g/mol. The molecule has 1 aliphatic heterocycles. The number of nitrogens with one attached hydrogen (secondary N) is 1. The van der Waals surface area contributed by atoms with Crippen LogP contribution in [0.3, 0.4) is 0 Å². The van der Waals surface area contributed by atoms with Crippen LogP contribution >= 0.6 is 0 Å². The van der Waals surface area contributed by atoms with Gasteiger partial charge in [-0.1, -0.05) is 0 Å². The summed E-state index contributed by atoms with van der Waals surface area (Å²) in [5.41, 5.74) is -1.17. The molecule has 0 aliphatic carbocycles. The van der Waals surface area contributed by atoms with Crippen molar-refractivity contribution >= 4 is 28.7 Å². The first-order chi connectivity index (χ1) is 16.3. The van der Waals surface area contributed by atoms with Crippen molar-refractivity contribution in [3.63, 3.8) is 0 Å². The fourth-order valence-electron chi connectivity index (χ4n) is 3.56. The van der Waals surface area contributed by atoms with Crippen molar-refractivity contribution in [3.8, 4) is 5.75 Å². The van der Waals surface area contributed by atoms with Crippen molar-refractivity contribution in [2.75, 3.05) is 25.0 Å². The Morgan fingerprint density at radius 3 is 2.37 bits per heavy atom. The normalized spacial score (nSPS) is 15.4. The third kappa shape index (κ3) is 7.19. The van der Waals surface area contributed by atoms with Gasteiger partial charge in [0.25, 0.3) is 5.82 Å². The second-order valence-electron chi connectivity index (χ2n) is 10.7. The molecule has 0 spiro atoms. The molecule has 3 N–H and O–H groups in total. The molecule has 1 aliphatic rings. The number of carbonyl (C=O) groups excluding carboxylic acids is 2. The standard InChI is InChI=1S/C25H36N4O6/c1-24(2,3)33-22(30)20(35-26)15-32-18-8-9-19-16(12-18)10-11-28(7)21(19)27-17-13-29(14-17)23(31)34-25(4,5)6/h8-12,17,20H,13-15,26H2,1-7H3/p+1/t20-/m0/s1. The van der Waals surface area contributed by atoms with Crippen LogP contribution < -0.4 is 20.5 Å². The molecule has 10 nitrogen and oxygen atoms in total. The number of carbonyl (C=O) groups is 2. The summed E-state index contributed by atoms with van der Waals surface area (Å²) in [7, 11) is 1.96. The Kier molecular flexibility index (Phi) is 7.76. The molecule has 2 heterocycles. The van der Waals surface area contributed by atoms with Gasteiger partial charge in [-0.25, -0.2) is 20.1 Å². The summed E-state index contributed by atoms with van der Waals surface area (Å²) >= 11 is 0. The number of ether oxygens (including phenoxy) is 3. The van der Waals surface area contributed by atoms with E-state index in [0.717, 1.165) is 16.6 Å². The fourth-order valence-corrected chi connectivity index (χ4v) is 3.56. The van der Waals surface area contributed by atoms with Gasteiger partial charge in [0, 0.05) is 0 Å². The van der Waals surface area contributed by atoms with Crippen molar-refractivity contribution in [1.82, 2.24) is 4.90 Å². The first-order valence-corrected chi connectivity index (χ1v) is 11.6. The topological polar surface area (TPSA) is 116 Å². The SMILES string of the molecule is C[n+]1ccc2cc(OC[C@H](ON)C(=O)OC(C)(C)C)ccc2c1NC1CN(C(=O)OC(C)(C)C)C1. The number of hydrogen-bond acceptors (Lipinski definition) is 8. The summed E-state index contributed by atoms with van der Waals surface area (Å²) in [6.45, 7) is 11.9. The third-order valence-electron chi connectivity index (χ3n) is 5.22. The number of fused-ring (bicyclic) bond motifs is 1. The van der Waals surface area contributed by atoms with Crippen LogP contribution in [0.4, 0.5) is 10.6 Å². The predicted octanol–water partition coefficient (Wildman–Crippen LogP) is 2.67. The van der Waals surface area contributed by atoms with Crippen molar-refractivity contribution in [3.05, 3.63) is 30.5 Å². The van der Waals surface area contributed by atoms with Crippen LogP contribution in [0.1, 0.15) is 41.5 Å². The molecule has 2 aromatic rings. The average molecular weight is 490 g/mol. The zero-order valence-corrected chi connectivity index (χ0v) is 21.6. The molecule has 0 unspecified atom stereocenters. The quantitative estimate of drug-likeness (QED) is 0.346. The Bertz CT molecular complexity index is 1070. The van der Waals surface area contributed by atoms with Gasteiger partial charge in [0.05, 0.1) is 31.7 Å². The molecule has 1 aromatic heterocycles. The van der Waals surface area contributed by atoms with Crippen molar-refractivity contribution in [1.29, 1.82) is 0 Å². The fraction of sp³-hybridized carbons (Fsp3) is 0.560. The van der Waals surface area contributed by atoms with Crippen molar-refractivity contribution < 1.29 is 33.2 Å². The molecule has 1 fully saturated rings. The number of rotatable bonds is 7. The van der Waals surface area contributed by atoms with Crippen LogP contribution in [-0.2, 0) is 26.2 Å². The Morgan fingerprint density at radius 1 is 1.11 bits per heavy atom. The molecule has 1 aromatic carbocycles. The molecule has 1 amide bonds. The molecule has 10 heteroatoms. The summed E-state index contributed by atoms with van der Waals surface area (Å²) in [6.07, 6.45) is 0.610.